The standard InChI is InChI=1S/C15H20N2O3S/c1-11(18)16-12-4-2-8-17(10-12)15(20)7-6-13(19)14-5-3-9-21-14/h3,5,9,12H,2,4,6-8,10H2,1H3,(H,16,18). The SMILES string of the molecule is CC(=O)NC1CCCN(C(=O)CCC(=O)c2cccs2)C1. The molecule has 6 heteroatoms. The Morgan fingerprint density at radius 1 is 1.38 bits per heavy atom. The van der Waals surface area contributed by atoms with E-state index >= 15 is 0 Å². The van der Waals surface area contributed by atoms with Gasteiger partial charge in [-0.3, -0.25) is 14.4 Å². The molecular weight excluding hydrogens is 288 g/mol. The molecule has 0 bridgehead atoms. The zero-order chi connectivity index (χ0) is 15.2. The van der Waals surface area contributed by atoms with Gasteiger partial charge >= 0.3 is 0 Å². The molecule has 1 aliphatic rings. The van der Waals surface area contributed by atoms with Crippen LogP contribution in [0.15, 0.2) is 17.5 Å². The van der Waals surface area contributed by atoms with Crippen LogP contribution in [0, 0.1) is 0 Å². The number of likely N-dealkylation sites (tertiary alicyclic amines) is 1. The average molecular weight is 308 g/mol. The molecule has 2 heterocycles. The van der Waals surface area contributed by atoms with Crippen molar-refractivity contribution in [1.82, 2.24) is 10.2 Å². The van der Waals surface area contributed by atoms with Crippen LogP contribution in [-0.4, -0.2) is 41.6 Å². The zero-order valence-electron chi connectivity index (χ0n) is 12.1. The summed E-state index contributed by atoms with van der Waals surface area (Å²) < 4.78 is 0. The molecule has 1 aromatic heterocycles. The molecule has 0 spiro atoms. The molecule has 0 radical (unpaired) electrons. The van der Waals surface area contributed by atoms with Crippen molar-refractivity contribution >= 4 is 28.9 Å². The van der Waals surface area contributed by atoms with Gasteiger partial charge in [-0.05, 0) is 24.3 Å². The largest absolute Gasteiger partial charge is 0.352 e. The molecule has 114 valence electrons. The van der Waals surface area contributed by atoms with Crippen LogP contribution >= 0.6 is 11.3 Å². The van der Waals surface area contributed by atoms with Gasteiger partial charge < -0.3 is 10.2 Å². The molecule has 0 aromatic carbocycles. The Balaban J connectivity index is 1.80. The second kappa shape index (κ2) is 7.36. The lowest BCUT2D eigenvalue weighted by Gasteiger charge is -2.33. The van der Waals surface area contributed by atoms with Gasteiger partial charge in [0.05, 0.1) is 4.88 Å². The van der Waals surface area contributed by atoms with Crippen LogP contribution in [0.1, 0.15) is 42.3 Å². The molecule has 2 rings (SSSR count). The third-order valence-electron chi connectivity index (χ3n) is 3.54. The Hall–Kier alpha value is -1.69. The lowest BCUT2D eigenvalue weighted by Crippen LogP contribution is -2.49. The van der Waals surface area contributed by atoms with Crippen LogP contribution in [0.4, 0.5) is 0 Å². The first-order chi connectivity index (χ1) is 10.1. The first kappa shape index (κ1) is 15.7. The number of nitrogens with one attached hydrogen (secondary N) is 1. The Morgan fingerprint density at radius 3 is 2.86 bits per heavy atom. The Bertz CT molecular complexity index is 513. The number of carbonyl (C=O) groups excluding carboxylic acids is 3. The van der Waals surface area contributed by atoms with E-state index in [0.717, 1.165) is 12.8 Å². The van der Waals surface area contributed by atoms with Crippen molar-refractivity contribution in [3.05, 3.63) is 22.4 Å². The van der Waals surface area contributed by atoms with Crippen LogP contribution in [0.25, 0.3) is 0 Å². The number of carbonyl (C=O) groups is 3. The number of amides is 2. The van der Waals surface area contributed by atoms with Gasteiger partial charge in [-0.1, -0.05) is 6.07 Å². The van der Waals surface area contributed by atoms with E-state index in [1.54, 1.807) is 11.0 Å². The number of rotatable bonds is 5. The van der Waals surface area contributed by atoms with Gasteiger partial charge in [0, 0.05) is 38.9 Å². The summed E-state index contributed by atoms with van der Waals surface area (Å²) in [6.07, 6.45) is 2.28. The van der Waals surface area contributed by atoms with E-state index in [4.69, 9.17) is 0 Å². The monoisotopic (exact) mass is 308 g/mol. The van der Waals surface area contributed by atoms with E-state index < -0.39 is 0 Å². The first-order valence-electron chi connectivity index (χ1n) is 7.18. The second-order valence-electron chi connectivity index (χ2n) is 5.28. The van der Waals surface area contributed by atoms with Crippen LogP contribution in [-0.2, 0) is 9.59 Å². The summed E-state index contributed by atoms with van der Waals surface area (Å²) in [5, 5.41) is 4.71. The highest BCUT2D eigenvalue weighted by Crippen LogP contribution is 2.15. The minimum atomic E-state index is -0.0674. The Labute approximate surface area is 128 Å². The number of Topliss-reactive ketones (excluding diaryl/α,β-unsaturated/α-hetero) is 1. The second-order valence-corrected chi connectivity index (χ2v) is 6.23. The maximum absolute atomic E-state index is 12.2. The molecule has 1 aliphatic heterocycles. The van der Waals surface area contributed by atoms with Gasteiger partial charge in [0.1, 0.15) is 0 Å². The molecule has 21 heavy (non-hydrogen) atoms. The molecule has 1 atom stereocenters. The average Bonchev–Trinajstić information content (AvgIpc) is 2.98. The van der Waals surface area contributed by atoms with E-state index in [0.29, 0.717) is 18.0 Å². The Kier molecular flexibility index (Phi) is 5.50. The van der Waals surface area contributed by atoms with Gasteiger partial charge in [-0.2, -0.15) is 0 Å². The number of hydrogen-bond acceptors (Lipinski definition) is 4. The topological polar surface area (TPSA) is 66.5 Å². The van der Waals surface area contributed by atoms with Crippen molar-refractivity contribution < 1.29 is 14.4 Å². The normalized spacial score (nSPS) is 18.3. The number of ketones is 1. The highest BCUT2D eigenvalue weighted by atomic mass is 32.1. The highest BCUT2D eigenvalue weighted by molar-refractivity contribution is 7.12. The molecular formula is C15H20N2O3S. The third kappa shape index (κ3) is 4.67. The fraction of sp³-hybridized carbons (Fsp3) is 0.533. The molecule has 0 aliphatic carbocycles. The molecule has 0 saturated carbocycles. The van der Waals surface area contributed by atoms with Gasteiger partial charge in [0.2, 0.25) is 11.8 Å². The maximum atomic E-state index is 12.2. The third-order valence-corrected chi connectivity index (χ3v) is 4.45. The lowest BCUT2D eigenvalue weighted by molar-refractivity contribution is -0.133. The van der Waals surface area contributed by atoms with Crippen LogP contribution in [0.5, 0.6) is 0 Å². The molecule has 1 aromatic rings. The molecule has 1 N–H and O–H groups in total. The van der Waals surface area contributed by atoms with E-state index in [1.165, 1.54) is 18.3 Å². The summed E-state index contributed by atoms with van der Waals surface area (Å²) in [6.45, 7) is 2.74. The summed E-state index contributed by atoms with van der Waals surface area (Å²) in [6, 6.07) is 3.65. The molecule has 1 fully saturated rings. The predicted molar refractivity (Wildman–Crippen MR) is 81.3 cm³/mol. The van der Waals surface area contributed by atoms with E-state index in [-0.39, 0.29) is 36.5 Å². The fourth-order valence-corrected chi connectivity index (χ4v) is 3.24. The van der Waals surface area contributed by atoms with Crippen molar-refractivity contribution in [2.45, 2.75) is 38.6 Å². The summed E-state index contributed by atoms with van der Waals surface area (Å²) in [7, 11) is 0. The van der Waals surface area contributed by atoms with Crippen molar-refractivity contribution in [2.75, 3.05) is 13.1 Å². The maximum Gasteiger partial charge on any atom is 0.223 e. The smallest absolute Gasteiger partial charge is 0.223 e. The minimum Gasteiger partial charge on any atom is -0.352 e. The van der Waals surface area contributed by atoms with Crippen molar-refractivity contribution in [2.24, 2.45) is 0 Å². The summed E-state index contributed by atoms with van der Waals surface area (Å²) >= 11 is 1.40. The van der Waals surface area contributed by atoms with Crippen LogP contribution in [0.2, 0.25) is 0 Å². The number of nitrogens with zero attached hydrogens (tertiary/aromatic N) is 1. The Morgan fingerprint density at radius 2 is 2.19 bits per heavy atom. The minimum absolute atomic E-state index is 0.00467. The van der Waals surface area contributed by atoms with Gasteiger partial charge in [0.25, 0.3) is 0 Å². The molecule has 5 nitrogen and oxygen atoms in total. The molecule has 1 unspecified atom stereocenters. The van der Waals surface area contributed by atoms with Gasteiger partial charge in [0.15, 0.2) is 5.78 Å². The van der Waals surface area contributed by atoms with Gasteiger partial charge in [-0.15, -0.1) is 11.3 Å². The van der Waals surface area contributed by atoms with E-state index in [1.807, 2.05) is 11.4 Å². The van der Waals surface area contributed by atoms with Crippen molar-refractivity contribution in [1.29, 1.82) is 0 Å². The van der Waals surface area contributed by atoms with Crippen LogP contribution in [0.3, 0.4) is 0 Å². The van der Waals surface area contributed by atoms with Crippen molar-refractivity contribution in [3.8, 4) is 0 Å². The zero-order valence-corrected chi connectivity index (χ0v) is 12.9. The molecule has 1 saturated heterocycles. The number of piperidine rings is 1. The molecule has 2 amide bonds. The fourth-order valence-electron chi connectivity index (χ4n) is 2.55. The lowest BCUT2D eigenvalue weighted by atomic mass is 10.0. The quantitative estimate of drug-likeness (QED) is 0.844. The van der Waals surface area contributed by atoms with E-state index in [2.05, 4.69) is 5.32 Å². The summed E-state index contributed by atoms with van der Waals surface area (Å²) in [5.74, 6) is -0.0501. The summed E-state index contributed by atoms with van der Waals surface area (Å²) in [4.78, 5) is 37.6. The first-order valence-corrected chi connectivity index (χ1v) is 8.06. The van der Waals surface area contributed by atoms with Gasteiger partial charge in [-0.25, -0.2) is 0 Å². The summed E-state index contributed by atoms with van der Waals surface area (Å²) in [5.41, 5.74) is 0. The van der Waals surface area contributed by atoms with E-state index in [9.17, 15) is 14.4 Å². The van der Waals surface area contributed by atoms with Crippen molar-refractivity contribution in [3.63, 3.8) is 0 Å². The number of thiophene rings is 1. The number of hydrogen-bond donors (Lipinski definition) is 1. The predicted octanol–water partition coefficient (Wildman–Crippen LogP) is 1.84. The van der Waals surface area contributed by atoms with Crippen LogP contribution < -0.4 is 5.32 Å². The highest BCUT2D eigenvalue weighted by Gasteiger charge is 2.24.